The smallest absolute Gasteiger partial charge is 0.245 e. The number of hydrogen-bond donors (Lipinski definition) is 1. The normalized spacial score (nSPS) is 8.07. The third-order valence-corrected chi connectivity index (χ3v) is 1.49. The second-order valence-corrected chi connectivity index (χ2v) is 2.97. The van der Waals surface area contributed by atoms with Gasteiger partial charge >= 0.3 is 10.5 Å². The zero-order valence-electron chi connectivity index (χ0n) is 7.77. The molecule has 1 aromatic heterocycles. The molecule has 0 radical (unpaired) electrons. The summed E-state index contributed by atoms with van der Waals surface area (Å²) < 4.78 is 22.8. The Morgan fingerprint density at radius 3 is 2.29 bits per heavy atom. The molecule has 6 heteroatoms. The van der Waals surface area contributed by atoms with Crippen LogP contribution in [0.3, 0.4) is 0 Å². The van der Waals surface area contributed by atoms with Crippen LogP contribution in [0.2, 0.25) is 0 Å². The van der Waals surface area contributed by atoms with Crippen molar-refractivity contribution in [1.29, 1.82) is 10.0 Å². The van der Waals surface area contributed by atoms with Gasteiger partial charge in [0.05, 0.1) is 0 Å². The summed E-state index contributed by atoms with van der Waals surface area (Å²) in [6, 6.07) is 3.77. The summed E-state index contributed by atoms with van der Waals surface area (Å²) in [7, 11) is -2.61. The Morgan fingerprint density at radius 2 is 1.93 bits per heavy atom. The fraction of sp³-hybridized carbons (Fsp3) is 0.250. The minimum Gasteiger partial charge on any atom is -0.245 e. The van der Waals surface area contributed by atoms with E-state index in [0.29, 0.717) is 5.69 Å². The van der Waals surface area contributed by atoms with Crippen LogP contribution in [0, 0.1) is 30.0 Å². The van der Waals surface area contributed by atoms with E-state index < -0.39 is 10.5 Å². The number of nitriles is 1. The highest BCUT2D eigenvalue weighted by atomic mass is 32.2. The van der Waals surface area contributed by atoms with Gasteiger partial charge in [-0.3, -0.25) is 0 Å². The standard InChI is InChI=1S/C8H8N2.HNO2S/c1-6-3-8(4-9)10-5-7(6)2;1-4(2)3/h3,5H,1-2H3;1H. The maximum atomic E-state index is 8.67. The summed E-state index contributed by atoms with van der Waals surface area (Å²) in [6.45, 7) is 3.95. The van der Waals surface area contributed by atoms with Gasteiger partial charge in [-0.1, -0.05) is 0 Å². The molecule has 0 atom stereocenters. The summed E-state index contributed by atoms with van der Waals surface area (Å²) in [5.41, 5.74) is 2.73. The maximum Gasteiger partial charge on any atom is 0.308 e. The second-order valence-electron chi connectivity index (χ2n) is 2.50. The first-order valence-electron chi connectivity index (χ1n) is 3.61. The van der Waals surface area contributed by atoms with Gasteiger partial charge in [0.25, 0.3) is 0 Å². The molecule has 1 rings (SSSR count). The van der Waals surface area contributed by atoms with Crippen LogP contribution in [0.1, 0.15) is 16.8 Å². The van der Waals surface area contributed by atoms with Gasteiger partial charge in [-0.05, 0) is 31.0 Å². The van der Waals surface area contributed by atoms with E-state index in [2.05, 4.69) is 4.98 Å². The molecule has 0 aliphatic heterocycles. The van der Waals surface area contributed by atoms with Crippen molar-refractivity contribution in [1.82, 2.24) is 4.98 Å². The average Bonchev–Trinajstić information content (AvgIpc) is 2.09. The van der Waals surface area contributed by atoms with Gasteiger partial charge in [0.15, 0.2) is 0 Å². The van der Waals surface area contributed by atoms with Crippen LogP contribution in [-0.2, 0) is 10.5 Å². The molecule has 1 aromatic rings. The van der Waals surface area contributed by atoms with Crippen molar-refractivity contribution in [3.8, 4) is 6.07 Å². The number of rotatable bonds is 0. The molecule has 0 spiro atoms. The molecular weight excluding hydrogens is 202 g/mol. The molecule has 0 amide bonds. The molecule has 0 saturated carbocycles. The molecule has 1 N–H and O–H groups in total. The Hall–Kier alpha value is -1.74. The molecule has 0 unspecified atom stereocenters. The summed E-state index contributed by atoms with van der Waals surface area (Å²) in [6.07, 6.45) is 1.72. The first kappa shape index (κ1) is 12.3. The fourth-order valence-electron chi connectivity index (χ4n) is 0.686. The minimum absolute atomic E-state index is 0.489. The van der Waals surface area contributed by atoms with Gasteiger partial charge in [0.2, 0.25) is 0 Å². The van der Waals surface area contributed by atoms with Gasteiger partial charge in [-0.15, -0.1) is 0 Å². The van der Waals surface area contributed by atoms with Gasteiger partial charge < -0.3 is 0 Å². The van der Waals surface area contributed by atoms with Crippen molar-refractivity contribution in [3.05, 3.63) is 29.1 Å². The zero-order chi connectivity index (χ0) is 11.1. The van der Waals surface area contributed by atoms with Crippen molar-refractivity contribution >= 4 is 10.5 Å². The molecule has 0 aliphatic rings. The van der Waals surface area contributed by atoms with E-state index in [1.165, 1.54) is 0 Å². The molecule has 14 heavy (non-hydrogen) atoms. The lowest BCUT2D eigenvalue weighted by Crippen LogP contribution is -1.86. The van der Waals surface area contributed by atoms with E-state index in [1.54, 1.807) is 12.3 Å². The Kier molecular flexibility index (Phi) is 5.10. The van der Waals surface area contributed by atoms with E-state index >= 15 is 0 Å². The predicted octanol–water partition coefficient (Wildman–Crippen LogP) is 1.20. The molecular formula is C8H9N3O2S. The van der Waals surface area contributed by atoms with E-state index in [0.717, 1.165) is 11.1 Å². The number of aryl methyl sites for hydroxylation is 2. The minimum atomic E-state index is -2.61. The Bertz CT molecular complexity index is 452. The topological polar surface area (TPSA) is 94.7 Å². The monoisotopic (exact) mass is 211 g/mol. The number of hydrogen-bond acceptors (Lipinski definition) is 5. The fourth-order valence-corrected chi connectivity index (χ4v) is 0.686. The third-order valence-electron chi connectivity index (χ3n) is 1.49. The van der Waals surface area contributed by atoms with E-state index in [9.17, 15) is 0 Å². The first-order chi connectivity index (χ1) is 6.47. The molecule has 5 nitrogen and oxygen atoms in total. The lowest BCUT2D eigenvalue weighted by molar-refractivity contribution is 0.620. The van der Waals surface area contributed by atoms with Crippen LogP contribution in [-0.4, -0.2) is 13.4 Å². The largest absolute Gasteiger partial charge is 0.308 e. The Balaban J connectivity index is 0.000000364. The number of aromatic nitrogens is 1. The summed E-state index contributed by atoms with van der Waals surface area (Å²) in [4.78, 5) is 3.90. The van der Waals surface area contributed by atoms with Crippen LogP contribution in [0.15, 0.2) is 12.3 Å². The lowest BCUT2D eigenvalue weighted by atomic mass is 10.2. The van der Waals surface area contributed by atoms with Gasteiger partial charge in [0, 0.05) is 6.20 Å². The van der Waals surface area contributed by atoms with Gasteiger partial charge in [-0.25, -0.2) is 4.98 Å². The number of nitrogens with zero attached hydrogens (tertiary/aromatic N) is 2. The molecule has 74 valence electrons. The SMILES string of the molecule is Cc1cnc(C#N)cc1C.N=S(=O)=O. The van der Waals surface area contributed by atoms with Crippen molar-refractivity contribution in [2.24, 2.45) is 0 Å². The van der Waals surface area contributed by atoms with E-state index in [1.807, 2.05) is 19.9 Å². The van der Waals surface area contributed by atoms with Crippen LogP contribution < -0.4 is 0 Å². The van der Waals surface area contributed by atoms with Gasteiger partial charge in [-0.2, -0.15) is 18.5 Å². The van der Waals surface area contributed by atoms with Crippen LogP contribution in [0.4, 0.5) is 0 Å². The van der Waals surface area contributed by atoms with E-state index in [4.69, 9.17) is 18.5 Å². The van der Waals surface area contributed by atoms with Crippen LogP contribution in [0.25, 0.3) is 0 Å². The van der Waals surface area contributed by atoms with Crippen molar-refractivity contribution in [3.63, 3.8) is 0 Å². The maximum absolute atomic E-state index is 8.67. The second kappa shape index (κ2) is 5.83. The van der Waals surface area contributed by atoms with Crippen molar-refractivity contribution in [2.45, 2.75) is 13.8 Å². The lowest BCUT2D eigenvalue weighted by Gasteiger charge is -1.96. The highest BCUT2D eigenvalue weighted by Crippen LogP contribution is 2.04. The highest BCUT2D eigenvalue weighted by molar-refractivity contribution is 7.60. The number of nitrogens with one attached hydrogen (secondary N) is 1. The van der Waals surface area contributed by atoms with Crippen molar-refractivity contribution in [2.75, 3.05) is 0 Å². The van der Waals surface area contributed by atoms with Crippen molar-refractivity contribution < 1.29 is 8.42 Å². The average molecular weight is 211 g/mol. The molecule has 0 fully saturated rings. The molecule has 0 aliphatic carbocycles. The third kappa shape index (κ3) is 5.00. The predicted molar refractivity (Wildman–Crippen MR) is 50.1 cm³/mol. The molecule has 1 heterocycles. The molecule has 0 saturated heterocycles. The number of pyridine rings is 1. The quantitative estimate of drug-likeness (QED) is 0.697. The molecule has 0 aromatic carbocycles. The Morgan fingerprint density at radius 1 is 1.43 bits per heavy atom. The van der Waals surface area contributed by atoms with Crippen LogP contribution >= 0.6 is 0 Å². The van der Waals surface area contributed by atoms with Crippen LogP contribution in [0.5, 0.6) is 0 Å². The highest BCUT2D eigenvalue weighted by Gasteiger charge is 1.94. The van der Waals surface area contributed by atoms with Gasteiger partial charge in [0.1, 0.15) is 11.8 Å². The first-order valence-corrected chi connectivity index (χ1v) is 4.68. The summed E-state index contributed by atoms with van der Waals surface area (Å²) in [5.74, 6) is 0. The Labute approximate surface area is 83.5 Å². The molecule has 0 bridgehead atoms. The summed E-state index contributed by atoms with van der Waals surface area (Å²) >= 11 is 0. The zero-order valence-corrected chi connectivity index (χ0v) is 8.59. The van der Waals surface area contributed by atoms with E-state index in [-0.39, 0.29) is 0 Å². The summed E-state index contributed by atoms with van der Waals surface area (Å²) in [5, 5.41) is 8.44.